The van der Waals surface area contributed by atoms with Gasteiger partial charge in [0.2, 0.25) is 0 Å². The number of benzene rings is 4. The third-order valence-electron chi connectivity index (χ3n) is 8.99. The van der Waals surface area contributed by atoms with Gasteiger partial charge in [-0.1, -0.05) is 70.5 Å². The van der Waals surface area contributed by atoms with Gasteiger partial charge in [0.05, 0.1) is 22.4 Å². The molecule has 7 aromatic rings. The van der Waals surface area contributed by atoms with E-state index in [0.717, 1.165) is 64.7 Å². The average molecular weight is 633 g/mol. The molecule has 5 nitrogen and oxygen atoms in total. The number of hydrogen-bond donors (Lipinski definition) is 0. The van der Waals surface area contributed by atoms with Crippen molar-refractivity contribution in [2.24, 2.45) is 5.41 Å². The van der Waals surface area contributed by atoms with Crippen LogP contribution in [0.4, 0.5) is 0 Å². The van der Waals surface area contributed by atoms with E-state index in [4.69, 9.17) is 14.8 Å². The molecule has 0 aliphatic carbocycles. The van der Waals surface area contributed by atoms with E-state index in [1.165, 1.54) is 38.6 Å². The van der Waals surface area contributed by atoms with Crippen molar-refractivity contribution < 1.29 is 4.74 Å². The first-order valence-electron chi connectivity index (χ1n) is 17.0. The van der Waals surface area contributed by atoms with Crippen molar-refractivity contribution in [2.45, 2.75) is 67.7 Å². The summed E-state index contributed by atoms with van der Waals surface area (Å²) in [6.45, 7) is 15.4. The van der Waals surface area contributed by atoms with Crippen molar-refractivity contribution in [3.63, 3.8) is 0 Å². The first-order chi connectivity index (χ1) is 23.1. The van der Waals surface area contributed by atoms with Gasteiger partial charge in [0, 0.05) is 40.4 Å². The summed E-state index contributed by atoms with van der Waals surface area (Å²) >= 11 is 0. The highest BCUT2D eigenvalue weighted by molar-refractivity contribution is 6.09. The summed E-state index contributed by atoms with van der Waals surface area (Å²) in [6, 6.07) is 34.5. The van der Waals surface area contributed by atoms with Gasteiger partial charge in [-0.25, -0.2) is 9.67 Å². The maximum atomic E-state index is 6.72. The molecule has 3 aromatic heterocycles. The molecule has 0 saturated heterocycles. The lowest BCUT2D eigenvalue weighted by atomic mass is 9.88. The maximum Gasteiger partial charge on any atom is 0.137 e. The van der Waals surface area contributed by atoms with Crippen LogP contribution < -0.4 is 4.74 Å². The Hall–Kier alpha value is -5.16. The Morgan fingerprint density at radius 3 is 2.29 bits per heavy atom. The van der Waals surface area contributed by atoms with Gasteiger partial charge in [-0.05, 0) is 110 Å². The number of fused-ring (bicyclic) bond motifs is 3. The summed E-state index contributed by atoms with van der Waals surface area (Å²) in [6.07, 6.45) is 4.90. The zero-order valence-corrected chi connectivity index (χ0v) is 29.1. The highest BCUT2D eigenvalue weighted by atomic mass is 16.5. The Morgan fingerprint density at radius 1 is 0.729 bits per heavy atom. The van der Waals surface area contributed by atoms with Gasteiger partial charge in [-0.3, -0.25) is 4.57 Å². The molecular formula is C43H44N4O. The Bertz CT molecular complexity index is 2270. The van der Waals surface area contributed by atoms with Crippen LogP contribution in [0.2, 0.25) is 0 Å². The molecule has 5 heteroatoms. The standard InChI is InChI=1S/C43H44N4O/c1-8-12-31-22-34(47-30(4)42(29(3)45-47)33-13-10-9-11-14-33)25-36(23-31)48-35-16-17-37-38-24-32(27-43(5,6)7)15-18-39(38)46(40(37)26-35)41-21-28(2)19-20-44-41/h9-11,13-26H,8,12,27H2,1-7H3. The number of aromatic nitrogens is 4. The van der Waals surface area contributed by atoms with Crippen LogP contribution in [-0.2, 0) is 12.8 Å². The Kier molecular flexibility index (Phi) is 8.16. The molecule has 0 fully saturated rings. The van der Waals surface area contributed by atoms with Crippen LogP contribution >= 0.6 is 0 Å². The zero-order chi connectivity index (χ0) is 33.6. The summed E-state index contributed by atoms with van der Waals surface area (Å²) in [5.74, 6) is 2.49. The van der Waals surface area contributed by atoms with Crippen LogP contribution in [0.25, 0.3) is 44.4 Å². The van der Waals surface area contributed by atoms with Gasteiger partial charge in [-0.15, -0.1) is 0 Å². The Morgan fingerprint density at radius 2 is 1.54 bits per heavy atom. The van der Waals surface area contributed by atoms with Crippen LogP contribution in [0.15, 0.2) is 103 Å². The highest BCUT2D eigenvalue weighted by Gasteiger charge is 2.19. The Labute approximate surface area is 283 Å². The van der Waals surface area contributed by atoms with Gasteiger partial charge in [-0.2, -0.15) is 5.10 Å². The minimum atomic E-state index is 0.201. The molecule has 48 heavy (non-hydrogen) atoms. The predicted octanol–water partition coefficient (Wildman–Crippen LogP) is 11.3. The molecule has 0 aliphatic heterocycles. The van der Waals surface area contributed by atoms with Crippen molar-refractivity contribution in [2.75, 3.05) is 0 Å². The molecule has 0 atom stereocenters. The molecule has 0 bridgehead atoms. The lowest BCUT2D eigenvalue weighted by molar-refractivity contribution is 0.411. The molecule has 0 spiro atoms. The molecule has 242 valence electrons. The minimum Gasteiger partial charge on any atom is -0.457 e. The van der Waals surface area contributed by atoms with Gasteiger partial charge in [0.1, 0.15) is 17.3 Å². The van der Waals surface area contributed by atoms with Gasteiger partial charge < -0.3 is 4.74 Å². The van der Waals surface area contributed by atoms with Crippen molar-refractivity contribution in [3.05, 3.63) is 131 Å². The second kappa shape index (κ2) is 12.5. The fourth-order valence-electron chi connectivity index (χ4n) is 7.03. The third kappa shape index (κ3) is 6.13. The normalized spacial score (nSPS) is 11.9. The number of pyridine rings is 1. The SMILES string of the molecule is CCCc1cc(Oc2ccc3c4cc(CC(C)(C)C)ccc4n(-c4cc(C)ccn4)c3c2)cc(-n2nc(C)c(-c3ccccc3)c2C)c1. The molecule has 0 N–H and O–H groups in total. The Balaban J connectivity index is 1.33. The molecule has 4 aromatic carbocycles. The van der Waals surface area contributed by atoms with Crippen molar-refractivity contribution >= 4 is 21.8 Å². The van der Waals surface area contributed by atoms with Crippen molar-refractivity contribution in [3.8, 4) is 34.1 Å². The van der Waals surface area contributed by atoms with E-state index >= 15 is 0 Å². The summed E-state index contributed by atoms with van der Waals surface area (Å²) < 4.78 is 11.1. The summed E-state index contributed by atoms with van der Waals surface area (Å²) in [5, 5.41) is 7.42. The topological polar surface area (TPSA) is 44.9 Å². The molecule has 0 aliphatic rings. The third-order valence-corrected chi connectivity index (χ3v) is 8.99. The van der Waals surface area contributed by atoms with Gasteiger partial charge in [0.25, 0.3) is 0 Å². The number of hydrogen-bond acceptors (Lipinski definition) is 3. The molecule has 0 unspecified atom stereocenters. The zero-order valence-electron chi connectivity index (χ0n) is 29.1. The number of aryl methyl sites for hydroxylation is 3. The van der Waals surface area contributed by atoms with E-state index in [-0.39, 0.29) is 5.41 Å². The van der Waals surface area contributed by atoms with E-state index < -0.39 is 0 Å². The molecule has 3 heterocycles. The first-order valence-corrected chi connectivity index (χ1v) is 17.0. The van der Waals surface area contributed by atoms with E-state index in [1.54, 1.807) is 0 Å². The fourth-order valence-corrected chi connectivity index (χ4v) is 7.03. The van der Waals surface area contributed by atoms with Crippen molar-refractivity contribution in [1.29, 1.82) is 0 Å². The molecule has 0 amide bonds. The number of nitrogens with zero attached hydrogens (tertiary/aromatic N) is 4. The summed E-state index contributed by atoms with van der Waals surface area (Å²) in [7, 11) is 0. The van der Waals surface area contributed by atoms with Crippen LogP contribution in [0.5, 0.6) is 11.5 Å². The quantitative estimate of drug-likeness (QED) is 0.167. The van der Waals surface area contributed by atoms with Crippen LogP contribution in [0.3, 0.4) is 0 Å². The monoisotopic (exact) mass is 632 g/mol. The first kappa shape index (κ1) is 31.4. The van der Waals surface area contributed by atoms with Crippen molar-refractivity contribution in [1.82, 2.24) is 19.3 Å². The summed E-state index contributed by atoms with van der Waals surface area (Å²) in [5.41, 5.74) is 11.6. The molecule has 0 radical (unpaired) electrons. The van der Waals surface area contributed by atoms with Crippen LogP contribution in [0.1, 0.15) is 62.2 Å². The van der Waals surface area contributed by atoms with E-state index in [1.807, 2.05) is 12.3 Å². The van der Waals surface area contributed by atoms with E-state index in [2.05, 4.69) is 149 Å². The minimum absolute atomic E-state index is 0.201. The highest BCUT2D eigenvalue weighted by Crippen LogP contribution is 2.37. The smallest absolute Gasteiger partial charge is 0.137 e. The van der Waals surface area contributed by atoms with E-state index in [0.29, 0.717) is 0 Å². The second-order valence-electron chi connectivity index (χ2n) is 14.3. The van der Waals surface area contributed by atoms with Crippen LogP contribution in [0, 0.1) is 26.2 Å². The summed E-state index contributed by atoms with van der Waals surface area (Å²) in [4.78, 5) is 4.81. The van der Waals surface area contributed by atoms with Gasteiger partial charge >= 0.3 is 0 Å². The lowest BCUT2D eigenvalue weighted by Gasteiger charge is -2.18. The molecule has 0 saturated carbocycles. The largest absolute Gasteiger partial charge is 0.457 e. The maximum absolute atomic E-state index is 6.72. The average Bonchev–Trinajstić information content (AvgIpc) is 3.53. The number of ether oxygens (including phenoxy) is 1. The van der Waals surface area contributed by atoms with Crippen LogP contribution in [-0.4, -0.2) is 19.3 Å². The lowest BCUT2D eigenvalue weighted by Crippen LogP contribution is -2.08. The van der Waals surface area contributed by atoms with E-state index in [9.17, 15) is 0 Å². The van der Waals surface area contributed by atoms with Gasteiger partial charge in [0.15, 0.2) is 0 Å². The predicted molar refractivity (Wildman–Crippen MR) is 199 cm³/mol. The second-order valence-corrected chi connectivity index (χ2v) is 14.3. The molecular weight excluding hydrogens is 589 g/mol. The molecule has 7 rings (SSSR count). The fraction of sp³-hybridized carbons (Fsp3) is 0.256. The number of rotatable bonds is 8.